The summed E-state index contributed by atoms with van der Waals surface area (Å²) in [6.45, 7) is 8.23. The lowest BCUT2D eigenvalue weighted by molar-refractivity contribution is -0.119. The largest absolute Gasteiger partial charge is 0.489 e. The molecule has 0 saturated carbocycles. The Kier molecular flexibility index (Phi) is 7.17. The van der Waals surface area contributed by atoms with Crippen molar-refractivity contribution in [3.05, 3.63) is 35.1 Å². The predicted molar refractivity (Wildman–Crippen MR) is 114 cm³/mol. The Morgan fingerprint density at radius 3 is 2.61 bits per heavy atom. The summed E-state index contributed by atoms with van der Waals surface area (Å²) in [6, 6.07) is 3.12. The summed E-state index contributed by atoms with van der Waals surface area (Å²) in [5, 5.41) is 2.91. The van der Waals surface area contributed by atoms with Gasteiger partial charge in [0.1, 0.15) is 18.2 Å². The van der Waals surface area contributed by atoms with Gasteiger partial charge in [-0.2, -0.15) is 0 Å². The lowest BCUT2D eigenvalue weighted by Gasteiger charge is -2.24. The maximum absolute atomic E-state index is 12.8. The summed E-state index contributed by atoms with van der Waals surface area (Å²) in [5.41, 5.74) is 0.395. The van der Waals surface area contributed by atoms with Gasteiger partial charge in [-0.3, -0.25) is 9.59 Å². The molecule has 31 heavy (non-hydrogen) atoms. The third kappa shape index (κ3) is 5.55. The topological polar surface area (TPSA) is 103 Å². The van der Waals surface area contributed by atoms with E-state index in [1.54, 1.807) is 17.0 Å². The van der Waals surface area contributed by atoms with E-state index in [1.165, 1.54) is 19.3 Å². The summed E-state index contributed by atoms with van der Waals surface area (Å²) in [4.78, 5) is 33.9. The lowest BCUT2D eigenvalue weighted by Crippen LogP contribution is -2.37. The molecule has 0 radical (unpaired) electrons. The van der Waals surface area contributed by atoms with Gasteiger partial charge in [0, 0.05) is 13.0 Å². The van der Waals surface area contributed by atoms with Crippen LogP contribution in [0.15, 0.2) is 24.5 Å². The molecule has 0 spiro atoms. The third-order valence-corrected chi connectivity index (χ3v) is 4.86. The average molecular weight is 449 g/mol. The second kappa shape index (κ2) is 9.82. The minimum atomic E-state index is -0.164. The summed E-state index contributed by atoms with van der Waals surface area (Å²) in [7, 11) is 0. The first-order valence-corrected chi connectivity index (χ1v) is 10.3. The van der Waals surface area contributed by atoms with E-state index in [-0.39, 0.29) is 41.4 Å². The number of rotatable bonds is 7. The second-order valence-electron chi connectivity index (χ2n) is 7.40. The van der Waals surface area contributed by atoms with Crippen molar-refractivity contribution >= 4 is 23.4 Å². The van der Waals surface area contributed by atoms with Gasteiger partial charge in [0.2, 0.25) is 17.7 Å². The van der Waals surface area contributed by atoms with E-state index in [1.807, 2.05) is 20.8 Å². The van der Waals surface area contributed by atoms with E-state index >= 15 is 0 Å². The van der Waals surface area contributed by atoms with Crippen LogP contribution in [0.5, 0.6) is 23.3 Å². The van der Waals surface area contributed by atoms with E-state index in [9.17, 15) is 9.59 Å². The van der Waals surface area contributed by atoms with Crippen molar-refractivity contribution in [3.63, 3.8) is 0 Å². The Balaban J connectivity index is 1.70. The summed E-state index contributed by atoms with van der Waals surface area (Å²) in [5.74, 6) is 0.825. The number of aromatic nitrogens is 2. The molecule has 1 aliphatic rings. The molecule has 0 aliphatic carbocycles. The van der Waals surface area contributed by atoms with E-state index in [4.69, 9.17) is 25.8 Å². The first-order valence-electron chi connectivity index (χ1n) is 9.92. The van der Waals surface area contributed by atoms with Gasteiger partial charge in [0.25, 0.3) is 5.91 Å². The van der Waals surface area contributed by atoms with Crippen molar-refractivity contribution in [2.45, 2.75) is 39.8 Å². The van der Waals surface area contributed by atoms with Crippen LogP contribution in [-0.4, -0.2) is 58.5 Å². The number of halogens is 1. The van der Waals surface area contributed by atoms with Gasteiger partial charge in [0.15, 0.2) is 11.5 Å². The molecule has 166 valence electrons. The van der Waals surface area contributed by atoms with Gasteiger partial charge in [-0.15, -0.1) is 0 Å². The lowest BCUT2D eigenvalue weighted by atomic mass is 10.1. The second-order valence-corrected chi connectivity index (χ2v) is 7.78. The molecule has 1 unspecified atom stereocenters. The summed E-state index contributed by atoms with van der Waals surface area (Å²) in [6.07, 6.45) is 2.81. The van der Waals surface area contributed by atoms with E-state index < -0.39 is 0 Å². The van der Waals surface area contributed by atoms with E-state index in [0.717, 1.165) is 0 Å². The molecular formula is C21H25ClN4O5. The first kappa shape index (κ1) is 22.6. The van der Waals surface area contributed by atoms with Crippen molar-refractivity contribution in [1.29, 1.82) is 0 Å². The highest BCUT2D eigenvalue weighted by Gasteiger charge is 2.28. The van der Waals surface area contributed by atoms with Crippen molar-refractivity contribution in [3.8, 4) is 23.3 Å². The van der Waals surface area contributed by atoms with Gasteiger partial charge >= 0.3 is 0 Å². The van der Waals surface area contributed by atoms with Crippen LogP contribution in [0.2, 0.25) is 5.02 Å². The zero-order chi connectivity index (χ0) is 22.5. The average Bonchev–Trinajstić information content (AvgIpc) is 2.88. The smallest absolute Gasteiger partial charge is 0.258 e. The molecule has 0 saturated heterocycles. The Morgan fingerprint density at radius 2 is 1.97 bits per heavy atom. The van der Waals surface area contributed by atoms with Gasteiger partial charge in [0.05, 0.1) is 30.5 Å². The number of amides is 2. The van der Waals surface area contributed by atoms with Crippen molar-refractivity contribution in [2.75, 3.05) is 19.8 Å². The fraction of sp³-hybridized carbons (Fsp3) is 0.429. The number of nitrogens with one attached hydrogen (secondary N) is 1. The quantitative estimate of drug-likeness (QED) is 0.694. The number of benzene rings is 1. The Hall–Kier alpha value is -3.07. The number of nitrogens with zero attached hydrogens (tertiary/aromatic N) is 3. The molecule has 1 atom stereocenters. The Labute approximate surface area is 185 Å². The zero-order valence-electron chi connectivity index (χ0n) is 17.8. The molecule has 9 nitrogen and oxygen atoms in total. The van der Waals surface area contributed by atoms with Gasteiger partial charge in [-0.25, -0.2) is 9.97 Å². The molecule has 1 aliphatic heterocycles. The molecule has 2 heterocycles. The van der Waals surface area contributed by atoms with Gasteiger partial charge < -0.3 is 24.4 Å². The maximum atomic E-state index is 12.8. The summed E-state index contributed by atoms with van der Waals surface area (Å²) < 4.78 is 17.0. The van der Waals surface area contributed by atoms with Crippen LogP contribution in [0.25, 0.3) is 0 Å². The molecular weight excluding hydrogens is 424 g/mol. The molecule has 1 N–H and O–H groups in total. The number of hydrogen-bond acceptors (Lipinski definition) is 7. The van der Waals surface area contributed by atoms with Crippen molar-refractivity contribution in [2.24, 2.45) is 0 Å². The minimum absolute atomic E-state index is 0.0500. The Morgan fingerprint density at radius 1 is 1.26 bits per heavy atom. The Bertz CT molecular complexity index is 952. The van der Waals surface area contributed by atoms with Crippen LogP contribution < -0.4 is 19.5 Å². The van der Waals surface area contributed by atoms with Gasteiger partial charge in [-0.05, 0) is 32.9 Å². The van der Waals surface area contributed by atoms with Crippen LogP contribution in [-0.2, 0) is 4.79 Å². The fourth-order valence-electron chi connectivity index (χ4n) is 3.06. The molecule has 2 aromatic rings. The van der Waals surface area contributed by atoms with Crippen LogP contribution >= 0.6 is 11.6 Å². The number of carbonyl (C=O) groups excluding carboxylic acids is 2. The van der Waals surface area contributed by atoms with E-state index in [0.29, 0.717) is 36.1 Å². The number of hydrogen-bond donors (Lipinski definition) is 1. The highest BCUT2D eigenvalue weighted by atomic mass is 35.5. The zero-order valence-corrected chi connectivity index (χ0v) is 18.6. The van der Waals surface area contributed by atoms with Crippen molar-refractivity contribution in [1.82, 2.24) is 20.2 Å². The number of carbonyl (C=O) groups is 2. The molecule has 2 amide bonds. The van der Waals surface area contributed by atoms with E-state index in [2.05, 4.69) is 15.3 Å². The predicted octanol–water partition coefficient (Wildman–Crippen LogP) is 3.07. The monoisotopic (exact) mass is 448 g/mol. The summed E-state index contributed by atoms with van der Waals surface area (Å²) >= 11 is 6.47. The van der Waals surface area contributed by atoms with Crippen LogP contribution in [0.4, 0.5) is 0 Å². The molecule has 0 fully saturated rings. The fourth-order valence-corrected chi connectivity index (χ4v) is 3.32. The first-order chi connectivity index (χ1) is 14.8. The molecule has 1 aromatic carbocycles. The highest BCUT2D eigenvalue weighted by Crippen LogP contribution is 2.40. The standard InChI is InChI=1S/C21H25ClN4O5/c1-12(2)26-7-8-29-20-15(21(26)28)5-6-16(19(20)22)31-18-10-23-17(9-24-18)30-11-13(3)25-14(4)27/h5-6,9-10,12-13H,7-8,11H2,1-4H3,(H,25,27). The molecule has 0 bridgehead atoms. The van der Waals surface area contributed by atoms with Crippen LogP contribution in [0.3, 0.4) is 0 Å². The van der Waals surface area contributed by atoms with Crippen molar-refractivity contribution < 1.29 is 23.8 Å². The number of ether oxygens (including phenoxy) is 3. The molecule has 3 rings (SSSR count). The maximum Gasteiger partial charge on any atom is 0.258 e. The molecule has 10 heteroatoms. The number of fused-ring (bicyclic) bond motifs is 1. The van der Waals surface area contributed by atoms with Gasteiger partial charge in [-0.1, -0.05) is 11.6 Å². The minimum Gasteiger partial charge on any atom is -0.489 e. The third-order valence-electron chi connectivity index (χ3n) is 4.50. The normalized spacial score (nSPS) is 14.4. The highest BCUT2D eigenvalue weighted by molar-refractivity contribution is 6.34. The van der Waals surface area contributed by atoms with Crippen LogP contribution in [0, 0.1) is 0 Å². The molecule has 1 aromatic heterocycles. The SMILES string of the molecule is CC(=O)NC(C)COc1cnc(Oc2ccc3c(c2Cl)OCCN(C(C)C)C3=O)cn1. The van der Waals surface area contributed by atoms with Crippen LogP contribution in [0.1, 0.15) is 38.1 Å².